The van der Waals surface area contributed by atoms with E-state index >= 15 is 0 Å². The van der Waals surface area contributed by atoms with Gasteiger partial charge in [-0.2, -0.15) is 0 Å². The lowest BCUT2D eigenvalue weighted by Gasteiger charge is -2.38. The van der Waals surface area contributed by atoms with Gasteiger partial charge in [-0.3, -0.25) is 10.2 Å². The van der Waals surface area contributed by atoms with Crippen molar-refractivity contribution in [2.75, 3.05) is 44.0 Å². The Kier molecular flexibility index (Phi) is 6.27. The van der Waals surface area contributed by atoms with Gasteiger partial charge in [0, 0.05) is 50.5 Å². The zero-order valence-corrected chi connectivity index (χ0v) is 18.6. The zero-order valence-electron chi connectivity index (χ0n) is 18.6. The molecule has 0 aliphatic carbocycles. The second-order valence-electron chi connectivity index (χ2n) is 8.71. The highest BCUT2D eigenvalue weighted by Gasteiger charge is 2.41. The van der Waals surface area contributed by atoms with Gasteiger partial charge >= 0.3 is 0 Å². The highest BCUT2D eigenvalue weighted by atomic mass is 16.5. The molecule has 9 heteroatoms. The number of hydrogen-bond acceptors (Lipinski definition) is 8. The number of anilines is 2. The molecule has 32 heavy (non-hydrogen) atoms. The lowest BCUT2D eigenvalue weighted by Crippen LogP contribution is -2.41. The fraction of sp³-hybridized carbons (Fsp3) is 0.478. The minimum absolute atomic E-state index is 0.0744. The molecule has 3 heterocycles. The first-order valence-corrected chi connectivity index (χ1v) is 10.9. The first-order valence-electron chi connectivity index (χ1n) is 10.9. The third-order valence-electron chi connectivity index (χ3n) is 6.29. The summed E-state index contributed by atoms with van der Waals surface area (Å²) in [4.78, 5) is 22.6. The molecule has 0 radical (unpaired) electrons. The van der Waals surface area contributed by atoms with Crippen LogP contribution < -0.4 is 20.7 Å². The summed E-state index contributed by atoms with van der Waals surface area (Å²) in [5.41, 5.74) is 8.01. The highest BCUT2D eigenvalue weighted by Crippen LogP contribution is 2.38. The van der Waals surface area contributed by atoms with Crippen LogP contribution in [0.5, 0.6) is 5.75 Å². The van der Waals surface area contributed by atoms with Crippen LogP contribution >= 0.6 is 0 Å². The van der Waals surface area contributed by atoms with Crippen molar-refractivity contribution in [1.82, 2.24) is 15.3 Å². The van der Waals surface area contributed by atoms with E-state index in [1.807, 2.05) is 13.0 Å². The molecule has 1 atom stereocenters. The molecule has 0 bridgehead atoms. The van der Waals surface area contributed by atoms with Gasteiger partial charge in [0.05, 0.1) is 18.0 Å². The number of hydrogen-bond donors (Lipinski definition) is 3. The Bertz CT molecular complexity index is 1000. The van der Waals surface area contributed by atoms with Gasteiger partial charge in [-0.15, -0.1) is 0 Å². The number of nitrogen functional groups attached to an aromatic ring is 1. The van der Waals surface area contributed by atoms with Crippen LogP contribution in [0.15, 0.2) is 30.6 Å². The zero-order chi connectivity index (χ0) is 22.7. The van der Waals surface area contributed by atoms with E-state index in [1.165, 1.54) is 6.33 Å². The van der Waals surface area contributed by atoms with Gasteiger partial charge < -0.3 is 25.4 Å². The van der Waals surface area contributed by atoms with Crippen LogP contribution in [0.1, 0.15) is 37.4 Å². The fourth-order valence-corrected chi connectivity index (χ4v) is 4.44. The summed E-state index contributed by atoms with van der Waals surface area (Å²) < 4.78 is 11.0. The predicted molar refractivity (Wildman–Crippen MR) is 122 cm³/mol. The number of nitrogens with zero attached hydrogens (tertiary/aromatic N) is 3. The van der Waals surface area contributed by atoms with E-state index in [0.29, 0.717) is 35.7 Å². The Morgan fingerprint density at radius 1 is 1.31 bits per heavy atom. The van der Waals surface area contributed by atoms with Crippen LogP contribution in [-0.4, -0.2) is 61.0 Å². The standard InChI is InChI=1S/C23H30N6O3/c1-15(12-31-2)32-16-3-4-18(24)17(9-16)22(25)19-10-20(28-14-27-19)29-7-5-23(6-8-29)11-21(30)26-13-23/h3-4,9-10,14-15,25H,5-8,11-13,24H2,1-2H3,(H,26,30)/t15-/m0/s1. The van der Waals surface area contributed by atoms with E-state index in [4.69, 9.17) is 20.6 Å². The summed E-state index contributed by atoms with van der Waals surface area (Å²) in [5, 5.41) is 11.7. The van der Waals surface area contributed by atoms with Gasteiger partial charge in [-0.25, -0.2) is 9.97 Å². The Morgan fingerprint density at radius 3 is 2.78 bits per heavy atom. The molecular formula is C23H30N6O3. The number of nitrogens with two attached hydrogens (primary N) is 1. The molecule has 2 aliphatic heterocycles. The number of carbonyl (C=O) groups excluding carboxylic acids is 1. The number of ether oxygens (including phenoxy) is 2. The maximum absolute atomic E-state index is 11.7. The largest absolute Gasteiger partial charge is 0.488 e. The number of aromatic nitrogens is 2. The third kappa shape index (κ3) is 4.67. The van der Waals surface area contributed by atoms with Gasteiger partial charge in [0.25, 0.3) is 0 Å². The molecule has 4 rings (SSSR count). The molecule has 2 aliphatic rings. The smallest absolute Gasteiger partial charge is 0.220 e. The molecule has 1 amide bonds. The quantitative estimate of drug-likeness (QED) is 0.446. The van der Waals surface area contributed by atoms with E-state index < -0.39 is 0 Å². The minimum atomic E-state index is -0.121. The first-order chi connectivity index (χ1) is 15.4. The average Bonchev–Trinajstić information content (AvgIpc) is 3.15. The molecule has 2 aromatic rings. The highest BCUT2D eigenvalue weighted by molar-refractivity contribution is 6.13. The van der Waals surface area contributed by atoms with Crippen LogP contribution in [0.25, 0.3) is 0 Å². The van der Waals surface area contributed by atoms with Gasteiger partial charge in [-0.05, 0) is 43.4 Å². The van der Waals surface area contributed by atoms with Crippen molar-refractivity contribution in [2.24, 2.45) is 5.41 Å². The second kappa shape index (κ2) is 9.12. The first kappa shape index (κ1) is 22.0. The van der Waals surface area contributed by atoms with Crippen LogP contribution in [0.3, 0.4) is 0 Å². The number of nitrogens with one attached hydrogen (secondary N) is 2. The van der Waals surface area contributed by atoms with Gasteiger partial charge in [0.15, 0.2) is 0 Å². The Balaban J connectivity index is 1.49. The summed E-state index contributed by atoms with van der Waals surface area (Å²) in [7, 11) is 1.63. The predicted octanol–water partition coefficient (Wildman–Crippen LogP) is 2.00. The molecule has 1 aromatic carbocycles. The topological polar surface area (TPSA) is 126 Å². The van der Waals surface area contributed by atoms with Gasteiger partial charge in [0.1, 0.15) is 24.0 Å². The molecule has 4 N–H and O–H groups in total. The van der Waals surface area contributed by atoms with Crippen molar-refractivity contribution in [1.29, 1.82) is 5.41 Å². The number of rotatable bonds is 7. The second-order valence-corrected chi connectivity index (χ2v) is 8.71. The van der Waals surface area contributed by atoms with Crippen molar-refractivity contribution >= 4 is 23.1 Å². The monoisotopic (exact) mass is 438 g/mol. The Morgan fingerprint density at radius 2 is 2.09 bits per heavy atom. The van der Waals surface area contributed by atoms with Gasteiger partial charge in [0.2, 0.25) is 5.91 Å². The number of benzene rings is 1. The van der Waals surface area contributed by atoms with Crippen molar-refractivity contribution in [3.63, 3.8) is 0 Å². The summed E-state index contributed by atoms with van der Waals surface area (Å²) >= 11 is 0. The number of carbonyl (C=O) groups is 1. The summed E-state index contributed by atoms with van der Waals surface area (Å²) in [6, 6.07) is 7.12. The van der Waals surface area contributed by atoms with Gasteiger partial charge in [-0.1, -0.05) is 0 Å². The third-order valence-corrected chi connectivity index (χ3v) is 6.29. The van der Waals surface area contributed by atoms with E-state index in [2.05, 4.69) is 20.2 Å². The van der Waals surface area contributed by atoms with Crippen molar-refractivity contribution in [3.05, 3.63) is 41.9 Å². The van der Waals surface area contributed by atoms with E-state index in [-0.39, 0.29) is 23.1 Å². The van der Waals surface area contributed by atoms with Crippen LogP contribution in [-0.2, 0) is 9.53 Å². The molecule has 0 saturated carbocycles. The molecule has 0 unspecified atom stereocenters. The lowest BCUT2D eigenvalue weighted by molar-refractivity contribution is -0.119. The van der Waals surface area contributed by atoms with Crippen molar-refractivity contribution < 1.29 is 14.3 Å². The maximum atomic E-state index is 11.7. The molecule has 1 aromatic heterocycles. The van der Waals surface area contributed by atoms with E-state index in [9.17, 15) is 4.79 Å². The molecule has 1 spiro atoms. The average molecular weight is 439 g/mol. The number of piperidine rings is 1. The van der Waals surface area contributed by atoms with E-state index in [1.54, 1.807) is 25.3 Å². The summed E-state index contributed by atoms with van der Waals surface area (Å²) in [6.07, 6.45) is 3.86. The van der Waals surface area contributed by atoms with Crippen LogP contribution in [0.4, 0.5) is 11.5 Å². The molecule has 2 saturated heterocycles. The molecule has 2 fully saturated rings. The normalized spacial score (nSPS) is 18.4. The SMILES string of the molecule is COC[C@H](C)Oc1ccc(N)c(C(=N)c2cc(N3CCC4(CC3)CNC(=O)C4)ncn2)c1. The maximum Gasteiger partial charge on any atom is 0.220 e. The van der Waals surface area contributed by atoms with Crippen LogP contribution in [0.2, 0.25) is 0 Å². The molecular weight excluding hydrogens is 408 g/mol. The van der Waals surface area contributed by atoms with E-state index in [0.717, 1.165) is 38.3 Å². The van der Waals surface area contributed by atoms with Crippen molar-refractivity contribution in [2.45, 2.75) is 32.3 Å². The fourth-order valence-electron chi connectivity index (χ4n) is 4.44. The van der Waals surface area contributed by atoms with Crippen molar-refractivity contribution in [3.8, 4) is 5.75 Å². The Hall–Kier alpha value is -3.20. The summed E-state index contributed by atoms with van der Waals surface area (Å²) in [5.74, 6) is 1.56. The summed E-state index contributed by atoms with van der Waals surface area (Å²) in [6.45, 7) is 4.79. The molecule has 9 nitrogen and oxygen atoms in total. The number of methoxy groups -OCH3 is 1. The number of amides is 1. The minimum Gasteiger partial charge on any atom is -0.488 e. The lowest BCUT2D eigenvalue weighted by atomic mass is 9.77. The van der Waals surface area contributed by atoms with Crippen LogP contribution in [0, 0.1) is 10.8 Å². The Labute approximate surface area is 187 Å². The molecule has 170 valence electrons.